The van der Waals surface area contributed by atoms with Crippen molar-refractivity contribution in [1.29, 1.82) is 0 Å². The van der Waals surface area contributed by atoms with Crippen LogP contribution in [0.4, 0.5) is 0 Å². The number of nitrogens with one attached hydrogen (secondary N) is 1. The highest BCUT2D eigenvalue weighted by molar-refractivity contribution is 7.79. The summed E-state index contributed by atoms with van der Waals surface area (Å²) in [5.41, 5.74) is 1.42. The van der Waals surface area contributed by atoms with Gasteiger partial charge < -0.3 is 5.32 Å². The third-order valence-electron chi connectivity index (χ3n) is 2.46. The van der Waals surface area contributed by atoms with Crippen molar-refractivity contribution in [2.75, 3.05) is 32.4 Å². The third kappa shape index (κ3) is 4.69. The zero-order chi connectivity index (χ0) is 10.9. The van der Waals surface area contributed by atoms with Gasteiger partial charge in [0.25, 0.3) is 0 Å². The normalized spacial score (nSPS) is 16.7. The summed E-state index contributed by atoms with van der Waals surface area (Å²) in [6.45, 7) is 5.71. The first-order valence-electron chi connectivity index (χ1n) is 5.37. The maximum absolute atomic E-state index is 3.53. The summed E-state index contributed by atoms with van der Waals surface area (Å²) in [6.07, 6.45) is 1.69. The molecule has 0 radical (unpaired) electrons. The molecule has 0 bridgehead atoms. The highest BCUT2D eigenvalue weighted by Gasteiger charge is 2.08. The predicted octanol–water partition coefficient (Wildman–Crippen LogP) is 1.64. The van der Waals surface area contributed by atoms with Crippen molar-refractivity contribution in [3.63, 3.8) is 0 Å². The van der Waals surface area contributed by atoms with Gasteiger partial charge in [-0.15, -0.1) is 0 Å². The Morgan fingerprint density at radius 3 is 2.33 bits per heavy atom. The van der Waals surface area contributed by atoms with Crippen LogP contribution in [0.1, 0.15) is 5.56 Å². The van der Waals surface area contributed by atoms with E-state index in [0.717, 1.165) is 19.6 Å². The monoisotopic (exact) mass is 224 g/mol. The molecule has 15 heavy (non-hydrogen) atoms. The first-order chi connectivity index (χ1) is 7.45. The fraction of sp³-hybridized carbons (Fsp3) is 0.500. The van der Waals surface area contributed by atoms with E-state index < -0.39 is 0 Å². The summed E-state index contributed by atoms with van der Waals surface area (Å²) in [5, 5.41) is 3.36. The van der Waals surface area contributed by atoms with E-state index in [1.54, 1.807) is 6.26 Å². The number of hydrogen-bond acceptors (Lipinski definition) is 3. The second-order valence-corrected chi connectivity index (χ2v) is 3.51. The van der Waals surface area contributed by atoms with Crippen LogP contribution < -0.4 is 5.32 Å². The lowest BCUT2D eigenvalue weighted by atomic mass is 10.2. The summed E-state index contributed by atoms with van der Waals surface area (Å²) in [4.78, 5) is 2.49. The van der Waals surface area contributed by atoms with Crippen molar-refractivity contribution in [2.24, 2.45) is 0 Å². The van der Waals surface area contributed by atoms with Crippen LogP contribution >= 0.6 is 12.6 Å². The number of nitrogens with zero attached hydrogens (tertiary/aromatic N) is 1. The minimum Gasteiger partial charge on any atom is -0.314 e. The summed E-state index contributed by atoms with van der Waals surface area (Å²) in [7, 11) is 0. The summed E-state index contributed by atoms with van der Waals surface area (Å²) >= 11 is 3.53. The second-order valence-electron chi connectivity index (χ2n) is 3.51. The van der Waals surface area contributed by atoms with Crippen LogP contribution in [0, 0.1) is 0 Å². The zero-order valence-electron chi connectivity index (χ0n) is 9.32. The molecular formula is C12H20N2S. The van der Waals surface area contributed by atoms with Gasteiger partial charge in [0.2, 0.25) is 0 Å². The van der Waals surface area contributed by atoms with E-state index in [1.807, 2.05) is 0 Å². The van der Waals surface area contributed by atoms with Gasteiger partial charge in [0, 0.05) is 32.7 Å². The largest absolute Gasteiger partial charge is 0.314 e. The van der Waals surface area contributed by atoms with Gasteiger partial charge in [0.05, 0.1) is 0 Å². The van der Waals surface area contributed by atoms with Crippen molar-refractivity contribution in [3.05, 3.63) is 35.9 Å². The Bertz CT molecular complexity index is 245. The van der Waals surface area contributed by atoms with Crippen LogP contribution in [0.15, 0.2) is 30.3 Å². The number of piperazine rings is 1. The lowest BCUT2D eigenvalue weighted by Crippen LogP contribution is -2.42. The first kappa shape index (κ1) is 12.6. The van der Waals surface area contributed by atoms with Crippen molar-refractivity contribution in [2.45, 2.75) is 6.54 Å². The molecule has 3 heteroatoms. The molecule has 1 saturated heterocycles. The quantitative estimate of drug-likeness (QED) is 0.743. The molecule has 0 aliphatic carbocycles. The van der Waals surface area contributed by atoms with E-state index in [9.17, 15) is 0 Å². The van der Waals surface area contributed by atoms with Crippen molar-refractivity contribution >= 4 is 12.6 Å². The van der Waals surface area contributed by atoms with Crippen molar-refractivity contribution in [3.8, 4) is 0 Å². The predicted molar refractivity (Wildman–Crippen MR) is 69.5 cm³/mol. The maximum Gasteiger partial charge on any atom is 0.0234 e. The second kappa shape index (κ2) is 7.74. The van der Waals surface area contributed by atoms with Gasteiger partial charge in [-0.25, -0.2) is 0 Å². The molecule has 0 saturated carbocycles. The number of rotatable bonds is 2. The molecule has 0 aromatic heterocycles. The standard InChI is InChI=1S/C11H16N2.CH4S/c1-2-4-11(5-3-1)10-13-8-6-12-7-9-13;1-2/h1-5,12H,6-10H2;2H,1H3. The van der Waals surface area contributed by atoms with E-state index >= 15 is 0 Å². The Balaban J connectivity index is 0.000000531. The topological polar surface area (TPSA) is 15.3 Å². The lowest BCUT2D eigenvalue weighted by molar-refractivity contribution is 0.233. The Morgan fingerprint density at radius 1 is 1.13 bits per heavy atom. The molecule has 1 N–H and O–H groups in total. The minimum atomic E-state index is 1.10. The molecule has 1 heterocycles. The van der Waals surface area contributed by atoms with Crippen molar-refractivity contribution in [1.82, 2.24) is 10.2 Å². The lowest BCUT2D eigenvalue weighted by Gasteiger charge is -2.27. The van der Waals surface area contributed by atoms with Crippen LogP contribution in [-0.4, -0.2) is 37.3 Å². The molecule has 1 aliphatic rings. The minimum absolute atomic E-state index is 1.10. The Kier molecular flexibility index (Phi) is 6.48. The van der Waals surface area contributed by atoms with Crippen LogP contribution in [0.3, 0.4) is 0 Å². The maximum atomic E-state index is 3.53. The Hall–Kier alpha value is -0.510. The molecule has 1 aliphatic heterocycles. The van der Waals surface area contributed by atoms with E-state index in [0.29, 0.717) is 0 Å². The molecule has 1 aromatic carbocycles. The van der Waals surface area contributed by atoms with E-state index in [1.165, 1.54) is 18.7 Å². The first-order valence-corrected chi connectivity index (χ1v) is 6.26. The van der Waals surface area contributed by atoms with E-state index in [2.05, 4.69) is 53.2 Å². The molecule has 0 amide bonds. The van der Waals surface area contributed by atoms with Gasteiger partial charge in [-0.2, -0.15) is 12.6 Å². The molecule has 84 valence electrons. The summed E-state index contributed by atoms with van der Waals surface area (Å²) in [6, 6.07) is 10.7. The summed E-state index contributed by atoms with van der Waals surface area (Å²) in [5.74, 6) is 0. The number of benzene rings is 1. The van der Waals surface area contributed by atoms with Gasteiger partial charge in [0.1, 0.15) is 0 Å². The Morgan fingerprint density at radius 2 is 1.73 bits per heavy atom. The van der Waals surface area contributed by atoms with Gasteiger partial charge in [0.15, 0.2) is 0 Å². The van der Waals surface area contributed by atoms with Crippen molar-refractivity contribution < 1.29 is 0 Å². The van der Waals surface area contributed by atoms with E-state index in [4.69, 9.17) is 0 Å². The third-order valence-corrected chi connectivity index (χ3v) is 2.46. The average Bonchev–Trinajstić information content (AvgIpc) is 2.34. The fourth-order valence-corrected chi connectivity index (χ4v) is 1.71. The highest BCUT2D eigenvalue weighted by Crippen LogP contribution is 2.04. The summed E-state index contributed by atoms with van der Waals surface area (Å²) < 4.78 is 0. The SMILES string of the molecule is CS.c1ccc(CN2CCNCC2)cc1. The molecule has 2 nitrogen and oxygen atoms in total. The number of thiol groups is 1. The van der Waals surface area contributed by atoms with E-state index in [-0.39, 0.29) is 0 Å². The molecule has 1 fully saturated rings. The van der Waals surface area contributed by atoms with Gasteiger partial charge in [-0.3, -0.25) is 4.90 Å². The zero-order valence-corrected chi connectivity index (χ0v) is 10.2. The molecule has 0 atom stereocenters. The smallest absolute Gasteiger partial charge is 0.0234 e. The van der Waals surface area contributed by atoms with Crippen LogP contribution in [-0.2, 0) is 6.54 Å². The molecule has 0 spiro atoms. The van der Waals surface area contributed by atoms with Crippen LogP contribution in [0.5, 0.6) is 0 Å². The van der Waals surface area contributed by atoms with Crippen LogP contribution in [0.2, 0.25) is 0 Å². The molecular weight excluding hydrogens is 204 g/mol. The van der Waals surface area contributed by atoms with Gasteiger partial charge >= 0.3 is 0 Å². The van der Waals surface area contributed by atoms with Crippen LogP contribution in [0.25, 0.3) is 0 Å². The molecule has 1 aromatic rings. The Labute approximate surface area is 98.1 Å². The van der Waals surface area contributed by atoms with Gasteiger partial charge in [-0.1, -0.05) is 30.3 Å². The fourth-order valence-electron chi connectivity index (χ4n) is 1.71. The highest BCUT2D eigenvalue weighted by atomic mass is 32.1. The average molecular weight is 224 g/mol. The van der Waals surface area contributed by atoms with Gasteiger partial charge in [-0.05, 0) is 11.8 Å². The molecule has 0 unspecified atom stereocenters. The molecule has 2 rings (SSSR count). The number of hydrogen-bond donors (Lipinski definition) is 2.